The van der Waals surface area contributed by atoms with Gasteiger partial charge in [-0.3, -0.25) is 0 Å². The van der Waals surface area contributed by atoms with Crippen molar-refractivity contribution in [2.24, 2.45) is 0 Å². The quantitative estimate of drug-likeness (QED) is 0.571. The van der Waals surface area contributed by atoms with Crippen LogP contribution in [-0.2, 0) is 29.5 Å². The van der Waals surface area contributed by atoms with E-state index in [1.165, 1.54) is 36.8 Å². The van der Waals surface area contributed by atoms with E-state index < -0.39 is 23.2 Å². The van der Waals surface area contributed by atoms with E-state index in [0.717, 1.165) is 0 Å². The van der Waals surface area contributed by atoms with Crippen molar-refractivity contribution in [3.05, 3.63) is 82.9 Å². The van der Waals surface area contributed by atoms with Crippen LogP contribution in [0.4, 0.5) is 0 Å². The third-order valence-electron chi connectivity index (χ3n) is 5.71. The summed E-state index contributed by atoms with van der Waals surface area (Å²) in [7, 11) is 0. The summed E-state index contributed by atoms with van der Waals surface area (Å²) in [4.78, 5) is 0. The molecule has 3 heteroatoms. The number of benzene rings is 2. The molecule has 0 saturated heterocycles. The molecule has 0 amide bonds. The van der Waals surface area contributed by atoms with Crippen molar-refractivity contribution in [1.29, 1.82) is 0 Å². The van der Waals surface area contributed by atoms with E-state index in [1.807, 2.05) is 0 Å². The zero-order valence-electron chi connectivity index (χ0n) is 16.0. The van der Waals surface area contributed by atoms with E-state index in [2.05, 4.69) is 86.7 Å². The molecule has 4 rings (SSSR count). The van der Waals surface area contributed by atoms with Crippen molar-refractivity contribution < 1.29 is 48.0 Å². The number of hydrogen-bond donors (Lipinski definition) is 0. The second kappa shape index (κ2) is 9.25. The van der Waals surface area contributed by atoms with Gasteiger partial charge < -0.3 is 24.8 Å². The van der Waals surface area contributed by atoms with Crippen LogP contribution in [-0.4, -0.2) is 0 Å². The van der Waals surface area contributed by atoms with Crippen molar-refractivity contribution in [2.45, 2.75) is 45.8 Å². The summed E-state index contributed by atoms with van der Waals surface area (Å²) in [5, 5.41) is 0. The summed E-state index contributed by atoms with van der Waals surface area (Å²) in [5.74, 6) is 0. The van der Waals surface area contributed by atoms with Crippen molar-refractivity contribution in [1.82, 2.24) is 0 Å². The van der Waals surface area contributed by atoms with Gasteiger partial charge in [0.1, 0.15) is 0 Å². The van der Waals surface area contributed by atoms with E-state index in [1.54, 1.807) is 11.1 Å². The Bertz CT molecular complexity index is 772. The van der Waals surface area contributed by atoms with E-state index in [0.29, 0.717) is 6.25 Å². The largest absolute Gasteiger partial charge is 1.00 e. The van der Waals surface area contributed by atoms with Gasteiger partial charge in [0.25, 0.3) is 0 Å². The van der Waals surface area contributed by atoms with Gasteiger partial charge in [-0.05, 0) is 0 Å². The third kappa shape index (κ3) is 3.94. The number of allylic oxidation sites excluding steroid dienone is 2. The molecule has 2 aliphatic rings. The van der Waals surface area contributed by atoms with E-state index >= 15 is 0 Å². The Hall–Kier alpha value is -0.617. The second-order valence-electron chi connectivity index (χ2n) is 7.41. The molecule has 0 aliphatic heterocycles. The van der Waals surface area contributed by atoms with Gasteiger partial charge in [0, 0.05) is 0 Å². The number of halogens is 2. The Labute approximate surface area is 187 Å². The minimum Gasteiger partial charge on any atom is -1.00 e. The minimum absolute atomic E-state index is 0. The zero-order chi connectivity index (χ0) is 17.3. The standard InChI is InChI=1S/2C12H13.2ClH.Zr/c2*1-2-5-10-8-9-11-6-3-4-7-12(10)11;;;/h2*3-4,6-9H,2,5H2,1H3;2*1H;/q;;;;+2/p-2. The van der Waals surface area contributed by atoms with Crippen LogP contribution in [0.3, 0.4) is 0 Å². The smallest absolute Gasteiger partial charge is 1.00 e. The van der Waals surface area contributed by atoms with Crippen LogP contribution in [0.2, 0.25) is 0 Å². The average molecular weight is 477 g/mol. The van der Waals surface area contributed by atoms with Crippen LogP contribution < -0.4 is 24.8 Å². The summed E-state index contributed by atoms with van der Waals surface area (Å²) < 4.78 is 0.678. The van der Waals surface area contributed by atoms with Crippen LogP contribution in [0, 0.1) is 0 Å². The molecule has 2 aromatic carbocycles. The topological polar surface area (TPSA) is 0 Å². The summed E-state index contributed by atoms with van der Waals surface area (Å²) in [6.07, 6.45) is 15.1. The molecule has 0 spiro atoms. The third-order valence-corrected chi connectivity index (χ3v) is 11.3. The van der Waals surface area contributed by atoms with Crippen molar-refractivity contribution >= 4 is 12.2 Å². The molecule has 0 heterocycles. The van der Waals surface area contributed by atoms with Gasteiger partial charge in [-0.1, -0.05) is 0 Å². The maximum atomic E-state index is 2.58. The van der Waals surface area contributed by atoms with Crippen molar-refractivity contribution in [3.8, 4) is 0 Å². The van der Waals surface area contributed by atoms with E-state index in [9.17, 15) is 0 Å². The van der Waals surface area contributed by atoms with Crippen LogP contribution in [0.1, 0.15) is 61.8 Å². The van der Waals surface area contributed by atoms with Gasteiger partial charge in [0.2, 0.25) is 0 Å². The van der Waals surface area contributed by atoms with Crippen molar-refractivity contribution in [2.75, 3.05) is 0 Å². The molecule has 0 radical (unpaired) electrons. The molecular weight excluding hydrogens is 450 g/mol. The fraction of sp³-hybridized carbons (Fsp3) is 0.333. The Morgan fingerprint density at radius 3 is 1.48 bits per heavy atom. The SMILES string of the molecule is CCC[C]1([Zr+2][C]2(CCC)C=Cc3ccccc32)C=Cc2ccccc21.[Cl-].[Cl-]. The molecule has 0 aromatic heterocycles. The molecule has 27 heavy (non-hydrogen) atoms. The Morgan fingerprint density at radius 1 is 0.667 bits per heavy atom. The zero-order valence-corrected chi connectivity index (χ0v) is 20.0. The Morgan fingerprint density at radius 2 is 1.07 bits per heavy atom. The Balaban J connectivity index is 0.00000131. The first-order chi connectivity index (χ1) is 12.2. The molecule has 2 aliphatic carbocycles. The second-order valence-corrected chi connectivity index (χ2v) is 12.4. The van der Waals surface area contributed by atoms with Gasteiger partial charge in [-0.2, -0.15) is 0 Å². The molecule has 2 atom stereocenters. The molecule has 0 fully saturated rings. The van der Waals surface area contributed by atoms with E-state index in [-0.39, 0.29) is 24.8 Å². The first-order valence-corrected chi connectivity index (χ1v) is 12.1. The van der Waals surface area contributed by atoms with Crippen LogP contribution in [0.15, 0.2) is 60.7 Å². The molecule has 0 N–H and O–H groups in total. The molecular formula is C24H26Cl2Zr. The number of fused-ring (bicyclic) bond motifs is 2. The summed E-state index contributed by atoms with van der Waals surface area (Å²) in [6, 6.07) is 18.2. The summed E-state index contributed by atoms with van der Waals surface area (Å²) >= 11 is -0.831. The fourth-order valence-corrected chi connectivity index (χ4v) is 11.1. The van der Waals surface area contributed by atoms with Gasteiger partial charge in [0.05, 0.1) is 0 Å². The molecule has 0 nitrogen and oxygen atoms in total. The van der Waals surface area contributed by atoms with Crippen LogP contribution in [0.5, 0.6) is 0 Å². The maximum absolute atomic E-state index is 2.58. The molecule has 0 bridgehead atoms. The predicted octanol–water partition coefficient (Wildman–Crippen LogP) is 0.522. The van der Waals surface area contributed by atoms with Crippen LogP contribution >= 0.6 is 0 Å². The maximum Gasteiger partial charge on any atom is -1.00 e. The monoisotopic (exact) mass is 474 g/mol. The first kappa shape index (κ1) is 22.7. The first-order valence-electron chi connectivity index (χ1n) is 9.60. The molecule has 140 valence electrons. The summed E-state index contributed by atoms with van der Waals surface area (Å²) in [5.41, 5.74) is 6.13. The van der Waals surface area contributed by atoms with Gasteiger partial charge in [-0.25, -0.2) is 0 Å². The minimum atomic E-state index is -0.831. The fourth-order valence-electron chi connectivity index (χ4n) is 4.71. The number of rotatable bonds is 6. The predicted molar refractivity (Wildman–Crippen MR) is 104 cm³/mol. The Kier molecular flexibility index (Phi) is 7.77. The van der Waals surface area contributed by atoms with Gasteiger partial charge in [-0.15, -0.1) is 0 Å². The van der Waals surface area contributed by atoms with Gasteiger partial charge in [0.15, 0.2) is 0 Å². The molecule has 0 saturated carbocycles. The molecule has 2 unspecified atom stereocenters. The van der Waals surface area contributed by atoms with Gasteiger partial charge >= 0.3 is 164 Å². The summed E-state index contributed by atoms with van der Waals surface area (Å²) in [6.45, 7) is 4.70. The van der Waals surface area contributed by atoms with Crippen LogP contribution in [0.25, 0.3) is 12.2 Å². The van der Waals surface area contributed by atoms with E-state index in [4.69, 9.17) is 0 Å². The normalized spacial score (nSPS) is 23.8. The van der Waals surface area contributed by atoms with Crippen molar-refractivity contribution in [3.63, 3.8) is 0 Å². The number of hydrogen-bond acceptors (Lipinski definition) is 0. The molecule has 2 aromatic rings. The average Bonchev–Trinajstić information content (AvgIpc) is 3.17.